The number of ether oxygens (including phenoxy) is 1. The molecule has 0 unspecified atom stereocenters. The number of aromatic nitrogens is 2. The highest BCUT2D eigenvalue weighted by atomic mass is 16.5. The van der Waals surface area contributed by atoms with E-state index in [1.165, 1.54) is 0 Å². The van der Waals surface area contributed by atoms with Gasteiger partial charge in [-0.05, 0) is 31.0 Å². The molecule has 0 saturated carbocycles. The van der Waals surface area contributed by atoms with Gasteiger partial charge in [0.1, 0.15) is 12.3 Å². The zero-order valence-corrected chi connectivity index (χ0v) is 13.4. The predicted octanol–water partition coefficient (Wildman–Crippen LogP) is 2.89. The molecule has 0 saturated heterocycles. The van der Waals surface area contributed by atoms with E-state index in [9.17, 15) is 4.79 Å². The second-order valence-electron chi connectivity index (χ2n) is 5.11. The molecule has 1 aromatic carbocycles. The van der Waals surface area contributed by atoms with Gasteiger partial charge in [-0.15, -0.1) is 0 Å². The van der Waals surface area contributed by atoms with E-state index in [-0.39, 0.29) is 11.9 Å². The minimum atomic E-state index is 0.0759. The summed E-state index contributed by atoms with van der Waals surface area (Å²) in [5, 5.41) is 0. The summed E-state index contributed by atoms with van der Waals surface area (Å²) < 4.78 is 6.99. The number of methoxy groups -OCH3 is 1. The normalized spacial score (nSPS) is 12.0. The number of nitrogens with zero attached hydrogens (tertiary/aromatic N) is 3. The lowest BCUT2D eigenvalue weighted by Crippen LogP contribution is -2.36. The molecule has 118 valence electrons. The van der Waals surface area contributed by atoms with Crippen LogP contribution in [0, 0.1) is 0 Å². The average molecular weight is 301 g/mol. The van der Waals surface area contributed by atoms with Crippen LogP contribution in [0.25, 0.3) is 0 Å². The topological polar surface area (TPSA) is 47.4 Å². The van der Waals surface area contributed by atoms with Crippen LogP contribution in [-0.4, -0.2) is 34.0 Å². The van der Waals surface area contributed by atoms with E-state index in [2.05, 4.69) is 11.9 Å². The van der Waals surface area contributed by atoms with Gasteiger partial charge < -0.3 is 14.2 Å². The van der Waals surface area contributed by atoms with Gasteiger partial charge in [-0.2, -0.15) is 0 Å². The summed E-state index contributed by atoms with van der Waals surface area (Å²) in [6.07, 6.45) is 6.03. The molecule has 1 atom stereocenters. The molecular weight excluding hydrogens is 278 g/mol. The molecule has 0 bridgehead atoms. The quantitative estimate of drug-likeness (QED) is 0.790. The number of rotatable bonds is 7. The minimum Gasteiger partial charge on any atom is -0.497 e. The molecule has 0 N–H and O–H groups in total. The summed E-state index contributed by atoms with van der Waals surface area (Å²) in [6, 6.07) is 8.01. The lowest BCUT2D eigenvalue weighted by atomic mass is 10.0. The van der Waals surface area contributed by atoms with Gasteiger partial charge in [0.25, 0.3) is 0 Å². The van der Waals surface area contributed by atoms with Crippen molar-refractivity contribution in [2.75, 3.05) is 13.7 Å². The molecule has 0 aliphatic rings. The van der Waals surface area contributed by atoms with E-state index < -0.39 is 0 Å². The molecule has 22 heavy (non-hydrogen) atoms. The van der Waals surface area contributed by atoms with Crippen LogP contribution in [-0.2, 0) is 11.3 Å². The number of hydrogen-bond acceptors (Lipinski definition) is 3. The predicted molar refractivity (Wildman–Crippen MR) is 85.6 cm³/mol. The number of amides is 1. The smallest absolute Gasteiger partial charge is 0.243 e. The maximum atomic E-state index is 12.6. The molecule has 0 spiro atoms. The zero-order chi connectivity index (χ0) is 15.9. The summed E-state index contributed by atoms with van der Waals surface area (Å²) in [4.78, 5) is 18.5. The Labute approximate surface area is 131 Å². The van der Waals surface area contributed by atoms with Gasteiger partial charge in [0.2, 0.25) is 5.91 Å². The van der Waals surface area contributed by atoms with Crippen LogP contribution >= 0.6 is 0 Å². The molecule has 5 nitrogen and oxygen atoms in total. The molecule has 5 heteroatoms. The maximum absolute atomic E-state index is 12.6. The van der Waals surface area contributed by atoms with Gasteiger partial charge >= 0.3 is 0 Å². The first kappa shape index (κ1) is 16.1. The van der Waals surface area contributed by atoms with Crippen molar-refractivity contribution in [3.05, 3.63) is 48.5 Å². The number of hydrogen-bond donors (Lipinski definition) is 0. The molecule has 1 heterocycles. The fourth-order valence-electron chi connectivity index (χ4n) is 2.66. The Kier molecular flexibility index (Phi) is 5.58. The van der Waals surface area contributed by atoms with Crippen molar-refractivity contribution in [3.63, 3.8) is 0 Å². The molecule has 0 radical (unpaired) electrons. The van der Waals surface area contributed by atoms with E-state index in [1.807, 2.05) is 36.1 Å². The summed E-state index contributed by atoms with van der Waals surface area (Å²) in [5.41, 5.74) is 1.13. The summed E-state index contributed by atoms with van der Waals surface area (Å²) >= 11 is 0. The Morgan fingerprint density at radius 1 is 1.32 bits per heavy atom. The standard InChI is InChI=1S/C17H23N3O2/c1-4-16(14-6-8-15(22-3)9-7-14)20(5-2)17(21)12-19-11-10-18-13-19/h6-11,13,16H,4-5,12H2,1-3H3/t16-/m1/s1. The Balaban J connectivity index is 2.16. The number of benzene rings is 1. The van der Waals surface area contributed by atoms with Crippen molar-refractivity contribution in [3.8, 4) is 5.75 Å². The van der Waals surface area contributed by atoms with Crippen LogP contribution in [0.1, 0.15) is 31.9 Å². The van der Waals surface area contributed by atoms with Crippen LogP contribution in [0.4, 0.5) is 0 Å². The van der Waals surface area contributed by atoms with E-state index in [1.54, 1.807) is 30.4 Å². The van der Waals surface area contributed by atoms with E-state index in [4.69, 9.17) is 4.74 Å². The van der Waals surface area contributed by atoms with Gasteiger partial charge in [-0.25, -0.2) is 4.98 Å². The first-order valence-electron chi connectivity index (χ1n) is 7.58. The van der Waals surface area contributed by atoms with Crippen molar-refractivity contribution in [1.82, 2.24) is 14.5 Å². The lowest BCUT2D eigenvalue weighted by Gasteiger charge is -2.31. The van der Waals surface area contributed by atoms with Crippen LogP contribution in [0.2, 0.25) is 0 Å². The molecule has 2 aromatic rings. The molecule has 0 aliphatic heterocycles. The first-order chi connectivity index (χ1) is 10.7. The van der Waals surface area contributed by atoms with Crippen molar-refractivity contribution in [2.24, 2.45) is 0 Å². The Morgan fingerprint density at radius 2 is 2.05 bits per heavy atom. The summed E-state index contributed by atoms with van der Waals surface area (Å²) in [6.45, 7) is 5.11. The van der Waals surface area contributed by atoms with Crippen LogP contribution in [0.5, 0.6) is 5.75 Å². The molecule has 1 amide bonds. The van der Waals surface area contributed by atoms with Crippen LogP contribution in [0.3, 0.4) is 0 Å². The van der Waals surface area contributed by atoms with E-state index in [0.29, 0.717) is 13.1 Å². The van der Waals surface area contributed by atoms with Gasteiger partial charge in [0.15, 0.2) is 0 Å². The van der Waals surface area contributed by atoms with Crippen molar-refractivity contribution in [1.29, 1.82) is 0 Å². The minimum absolute atomic E-state index is 0.0759. The first-order valence-corrected chi connectivity index (χ1v) is 7.58. The summed E-state index contributed by atoms with van der Waals surface area (Å²) in [5.74, 6) is 0.926. The van der Waals surface area contributed by atoms with Gasteiger partial charge in [0, 0.05) is 18.9 Å². The SMILES string of the molecule is CC[C@H](c1ccc(OC)cc1)N(CC)C(=O)Cn1ccnc1. The molecule has 2 rings (SSSR count). The van der Waals surface area contributed by atoms with Gasteiger partial charge in [-0.1, -0.05) is 19.1 Å². The Hall–Kier alpha value is -2.30. The molecule has 1 aromatic heterocycles. The van der Waals surface area contributed by atoms with Gasteiger partial charge in [-0.3, -0.25) is 4.79 Å². The zero-order valence-electron chi connectivity index (χ0n) is 13.4. The largest absolute Gasteiger partial charge is 0.497 e. The Bertz CT molecular complexity index is 578. The molecular formula is C17H23N3O2. The van der Waals surface area contributed by atoms with Gasteiger partial charge in [0.05, 0.1) is 19.5 Å². The summed E-state index contributed by atoms with van der Waals surface area (Å²) in [7, 11) is 1.65. The van der Waals surface area contributed by atoms with Crippen molar-refractivity contribution < 1.29 is 9.53 Å². The third-order valence-corrected chi connectivity index (χ3v) is 3.80. The van der Waals surface area contributed by atoms with E-state index in [0.717, 1.165) is 17.7 Å². The molecule has 0 aliphatic carbocycles. The number of likely N-dealkylation sites (N-methyl/N-ethyl adjacent to an activating group) is 1. The highest BCUT2D eigenvalue weighted by Gasteiger charge is 2.22. The average Bonchev–Trinajstić information content (AvgIpc) is 3.05. The number of imidazole rings is 1. The molecule has 0 fully saturated rings. The lowest BCUT2D eigenvalue weighted by molar-refractivity contribution is -0.134. The van der Waals surface area contributed by atoms with E-state index >= 15 is 0 Å². The number of carbonyl (C=O) groups excluding carboxylic acids is 1. The monoisotopic (exact) mass is 301 g/mol. The van der Waals surface area contributed by atoms with Crippen LogP contribution < -0.4 is 4.74 Å². The Morgan fingerprint density at radius 3 is 2.55 bits per heavy atom. The fourth-order valence-corrected chi connectivity index (χ4v) is 2.66. The van der Waals surface area contributed by atoms with Crippen molar-refractivity contribution in [2.45, 2.75) is 32.9 Å². The second-order valence-corrected chi connectivity index (χ2v) is 5.11. The van der Waals surface area contributed by atoms with Crippen molar-refractivity contribution >= 4 is 5.91 Å². The highest BCUT2D eigenvalue weighted by molar-refractivity contribution is 5.76. The second kappa shape index (κ2) is 7.64. The fraction of sp³-hybridized carbons (Fsp3) is 0.412. The number of carbonyl (C=O) groups is 1. The third kappa shape index (κ3) is 3.67. The highest BCUT2D eigenvalue weighted by Crippen LogP contribution is 2.26. The van der Waals surface area contributed by atoms with Crippen LogP contribution in [0.15, 0.2) is 43.0 Å². The third-order valence-electron chi connectivity index (χ3n) is 3.80. The maximum Gasteiger partial charge on any atom is 0.243 e.